The summed E-state index contributed by atoms with van der Waals surface area (Å²) in [6.07, 6.45) is 1.89. The maximum atomic E-state index is 13.6. The van der Waals surface area contributed by atoms with Crippen molar-refractivity contribution in [2.45, 2.75) is 32.2 Å². The highest BCUT2D eigenvalue weighted by Gasteiger charge is 2.47. The molecule has 2 atom stereocenters. The number of carbonyl (C=O) groups excluding carboxylic acids is 3. The van der Waals surface area contributed by atoms with Crippen molar-refractivity contribution in [2.75, 3.05) is 5.32 Å². The van der Waals surface area contributed by atoms with Gasteiger partial charge in [0.1, 0.15) is 0 Å². The molecule has 4 aromatic rings. The zero-order valence-corrected chi connectivity index (χ0v) is 21.4. The van der Waals surface area contributed by atoms with Crippen molar-refractivity contribution in [3.63, 3.8) is 0 Å². The highest BCUT2D eigenvalue weighted by molar-refractivity contribution is 6.04. The maximum Gasteiger partial charge on any atom is 0.411 e. The molecular formula is C31H28N4O4. The van der Waals surface area contributed by atoms with E-state index in [1.165, 1.54) is 4.90 Å². The van der Waals surface area contributed by atoms with Crippen molar-refractivity contribution in [3.8, 4) is 0 Å². The van der Waals surface area contributed by atoms with Crippen LogP contribution in [0.2, 0.25) is 0 Å². The van der Waals surface area contributed by atoms with Gasteiger partial charge in [-0.15, -0.1) is 0 Å². The van der Waals surface area contributed by atoms with Gasteiger partial charge in [0, 0.05) is 30.2 Å². The van der Waals surface area contributed by atoms with Crippen molar-refractivity contribution in [2.24, 2.45) is 0 Å². The van der Waals surface area contributed by atoms with E-state index in [2.05, 4.69) is 15.6 Å². The van der Waals surface area contributed by atoms with E-state index in [1.54, 1.807) is 67.0 Å². The van der Waals surface area contributed by atoms with Gasteiger partial charge in [0.15, 0.2) is 12.1 Å². The van der Waals surface area contributed by atoms with E-state index in [1.807, 2.05) is 43.3 Å². The van der Waals surface area contributed by atoms with Gasteiger partial charge in [0.25, 0.3) is 5.91 Å². The SMILES string of the molecule is Cc1ccc(CN2C(=O)OC(c3cccc(NC(=O)c4ccccc4)c3)C2C(=O)NCc2cccnc2)cc1. The lowest BCUT2D eigenvalue weighted by molar-refractivity contribution is -0.126. The molecule has 1 saturated heterocycles. The second-order valence-corrected chi connectivity index (χ2v) is 9.39. The van der Waals surface area contributed by atoms with E-state index in [9.17, 15) is 14.4 Å². The molecule has 5 rings (SSSR count). The van der Waals surface area contributed by atoms with Gasteiger partial charge in [-0.3, -0.25) is 19.5 Å². The zero-order valence-electron chi connectivity index (χ0n) is 21.4. The second kappa shape index (κ2) is 11.6. The molecule has 0 radical (unpaired) electrons. The van der Waals surface area contributed by atoms with Gasteiger partial charge in [0.05, 0.1) is 6.54 Å². The number of hydrogen-bond donors (Lipinski definition) is 2. The Hall–Kier alpha value is -4.98. The Morgan fingerprint density at radius 2 is 1.72 bits per heavy atom. The van der Waals surface area contributed by atoms with E-state index in [0.717, 1.165) is 16.7 Å². The van der Waals surface area contributed by atoms with Crippen LogP contribution in [0.3, 0.4) is 0 Å². The molecule has 3 amide bonds. The molecule has 2 heterocycles. The summed E-state index contributed by atoms with van der Waals surface area (Å²) in [6, 6.07) is 26.4. The molecule has 3 aromatic carbocycles. The van der Waals surface area contributed by atoms with E-state index < -0.39 is 18.2 Å². The third kappa shape index (κ3) is 6.13. The molecule has 8 nitrogen and oxygen atoms in total. The van der Waals surface area contributed by atoms with Crippen molar-refractivity contribution >= 4 is 23.6 Å². The highest BCUT2D eigenvalue weighted by atomic mass is 16.6. The number of amides is 3. The van der Waals surface area contributed by atoms with Crippen LogP contribution in [-0.4, -0.2) is 33.8 Å². The fourth-order valence-corrected chi connectivity index (χ4v) is 4.48. The minimum absolute atomic E-state index is 0.213. The molecule has 0 saturated carbocycles. The lowest BCUT2D eigenvalue weighted by Gasteiger charge is -2.24. The Morgan fingerprint density at radius 1 is 0.923 bits per heavy atom. The molecule has 0 spiro atoms. The van der Waals surface area contributed by atoms with Crippen LogP contribution in [0.25, 0.3) is 0 Å². The zero-order chi connectivity index (χ0) is 27.2. The number of hydrogen-bond acceptors (Lipinski definition) is 5. The Labute approximate surface area is 226 Å². The van der Waals surface area contributed by atoms with Crippen LogP contribution >= 0.6 is 0 Å². The van der Waals surface area contributed by atoms with Gasteiger partial charge in [-0.2, -0.15) is 0 Å². The molecule has 2 unspecified atom stereocenters. The number of cyclic esters (lactones) is 1. The Morgan fingerprint density at radius 3 is 2.46 bits per heavy atom. The van der Waals surface area contributed by atoms with Crippen LogP contribution in [-0.2, 0) is 22.6 Å². The van der Waals surface area contributed by atoms with Crippen LogP contribution in [0.15, 0.2) is 103 Å². The van der Waals surface area contributed by atoms with Gasteiger partial charge in [-0.1, -0.05) is 66.2 Å². The fourth-order valence-electron chi connectivity index (χ4n) is 4.48. The first-order chi connectivity index (χ1) is 19.0. The largest absolute Gasteiger partial charge is 0.438 e. The molecule has 0 bridgehead atoms. The van der Waals surface area contributed by atoms with Crippen LogP contribution < -0.4 is 10.6 Å². The maximum absolute atomic E-state index is 13.6. The molecule has 196 valence electrons. The third-order valence-electron chi connectivity index (χ3n) is 6.53. The van der Waals surface area contributed by atoms with Crippen molar-refractivity contribution in [1.82, 2.24) is 15.2 Å². The first kappa shape index (κ1) is 25.7. The summed E-state index contributed by atoms with van der Waals surface area (Å²) in [7, 11) is 0. The van der Waals surface area contributed by atoms with E-state index in [-0.39, 0.29) is 24.9 Å². The number of nitrogens with one attached hydrogen (secondary N) is 2. The van der Waals surface area contributed by atoms with Crippen LogP contribution in [0.4, 0.5) is 10.5 Å². The average molecular weight is 521 g/mol. The summed E-state index contributed by atoms with van der Waals surface area (Å²) in [5.74, 6) is -0.608. The summed E-state index contributed by atoms with van der Waals surface area (Å²) in [4.78, 5) is 44.9. The monoisotopic (exact) mass is 520 g/mol. The van der Waals surface area contributed by atoms with Gasteiger partial charge in [-0.25, -0.2) is 4.79 Å². The normalized spacial score (nSPS) is 16.4. The van der Waals surface area contributed by atoms with Gasteiger partial charge >= 0.3 is 6.09 Å². The molecule has 1 aliphatic heterocycles. The number of benzene rings is 3. The van der Waals surface area contributed by atoms with Crippen LogP contribution in [0, 0.1) is 6.92 Å². The predicted molar refractivity (Wildman–Crippen MR) is 147 cm³/mol. The molecular weight excluding hydrogens is 492 g/mol. The summed E-state index contributed by atoms with van der Waals surface area (Å²) in [6.45, 7) is 2.46. The first-order valence-electron chi connectivity index (χ1n) is 12.6. The molecule has 1 fully saturated rings. The number of carbonyl (C=O) groups is 3. The Kier molecular flexibility index (Phi) is 7.63. The fraction of sp³-hybridized carbons (Fsp3) is 0.161. The topological polar surface area (TPSA) is 101 Å². The van der Waals surface area contributed by atoms with E-state index >= 15 is 0 Å². The summed E-state index contributed by atoms with van der Waals surface area (Å²) in [5.41, 5.74) is 4.47. The van der Waals surface area contributed by atoms with Gasteiger partial charge < -0.3 is 15.4 Å². The molecule has 39 heavy (non-hydrogen) atoms. The van der Waals surface area contributed by atoms with Gasteiger partial charge in [-0.05, 0) is 53.9 Å². The van der Waals surface area contributed by atoms with E-state index in [4.69, 9.17) is 4.74 Å². The van der Waals surface area contributed by atoms with E-state index in [0.29, 0.717) is 16.8 Å². The molecule has 8 heteroatoms. The molecule has 1 aliphatic rings. The summed E-state index contributed by atoms with van der Waals surface area (Å²) < 4.78 is 5.79. The van der Waals surface area contributed by atoms with Gasteiger partial charge in [0.2, 0.25) is 5.91 Å². The van der Waals surface area contributed by atoms with Crippen LogP contribution in [0.1, 0.15) is 38.7 Å². The van der Waals surface area contributed by atoms with Crippen LogP contribution in [0.5, 0.6) is 0 Å². The Bertz CT molecular complexity index is 1460. The minimum Gasteiger partial charge on any atom is -0.438 e. The van der Waals surface area contributed by atoms with Crippen molar-refractivity contribution in [1.29, 1.82) is 0 Å². The number of ether oxygens (including phenoxy) is 1. The average Bonchev–Trinajstić information content (AvgIpc) is 3.29. The first-order valence-corrected chi connectivity index (χ1v) is 12.6. The molecule has 2 N–H and O–H groups in total. The van der Waals surface area contributed by atoms with Crippen molar-refractivity contribution < 1.29 is 19.1 Å². The number of rotatable bonds is 8. The summed E-state index contributed by atoms with van der Waals surface area (Å²) in [5, 5.41) is 5.81. The highest BCUT2D eigenvalue weighted by Crippen LogP contribution is 2.35. The number of aryl methyl sites for hydroxylation is 1. The molecule has 0 aliphatic carbocycles. The lowest BCUT2D eigenvalue weighted by Crippen LogP contribution is -2.46. The third-order valence-corrected chi connectivity index (χ3v) is 6.53. The minimum atomic E-state index is -0.921. The smallest absolute Gasteiger partial charge is 0.411 e. The number of anilines is 1. The predicted octanol–water partition coefficient (Wildman–Crippen LogP) is 5.02. The number of nitrogens with zero attached hydrogens (tertiary/aromatic N) is 2. The summed E-state index contributed by atoms with van der Waals surface area (Å²) >= 11 is 0. The second-order valence-electron chi connectivity index (χ2n) is 9.39. The number of pyridine rings is 1. The quantitative estimate of drug-likeness (QED) is 0.340. The van der Waals surface area contributed by atoms with Crippen molar-refractivity contribution in [3.05, 3.63) is 131 Å². The standard InChI is InChI=1S/C31H28N4O4/c1-21-12-14-22(15-13-21)20-35-27(30(37)33-19-23-7-6-16-32-18-23)28(39-31(35)38)25-10-5-11-26(17-25)34-29(36)24-8-3-2-4-9-24/h2-18,27-28H,19-20H2,1H3,(H,33,37)(H,34,36). The Balaban J connectivity index is 1.40. The number of aromatic nitrogens is 1. The molecule has 1 aromatic heterocycles. The lowest BCUT2D eigenvalue weighted by atomic mass is 9.99.